The van der Waals surface area contributed by atoms with E-state index >= 15 is 0 Å². The van der Waals surface area contributed by atoms with Crippen molar-refractivity contribution >= 4 is 5.91 Å². The molecule has 1 aliphatic carbocycles. The Morgan fingerprint density at radius 2 is 2.12 bits per heavy atom. The van der Waals surface area contributed by atoms with Gasteiger partial charge in [0.05, 0.1) is 0 Å². The Hall–Kier alpha value is -2.14. The largest absolute Gasteiger partial charge is 0.360 e. The van der Waals surface area contributed by atoms with E-state index in [9.17, 15) is 4.79 Å². The van der Waals surface area contributed by atoms with Gasteiger partial charge in [-0.25, -0.2) is 0 Å². The van der Waals surface area contributed by atoms with Crippen LogP contribution in [0.4, 0.5) is 0 Å². The second-order valence-corrected chi connectivity index (χ2v) is 7.06. The predicted molar refractivity (Wildman–Crippen MR) is 90.7 cm³/mol. The van der Waals surface area contributed by atoms with Crippen molar-refractivity contribution in [1.82, 2.24) is 15.4 Å². The van der Waals surface area contributed by atoms with E-state index in [4.69, 9.17) is 4.52 Å². The van der Waals surface area contributed by atoms with Crippen molar-refractivity contribution in [2.45, 2.75) is 50.7 Å². The molecule has 0 radical (unpaired) electrons. The zero-order chi connectivity index (χ0) is 16.5. The molecule has 0 unspecified atom stereocenters. The number of hydrogen-bond donors (Lipinski definition) is 1. The van der Waals surface area contributed by atoms with E-state index < -0.39 is 0 Å². The molecule has 4 rings (SSSR count). The lowest BCUT2D eigenvalue weighted by Gasteiger charge is -2.20. The van der Waals surface area contributed by atoms with Gasteiger partial charge in [0, 0.05) is 37.2 Å². The van der Waals surface area contributed by atoms with Crippen molar-refractivity contribution in [2.75, 3.05) is 6.54 Å². The molecule has 2 aromatic rings. The van der Waals surface area contributed by atoms with Crippen molar-refractivity contribution in [3.05, 3.63) is 53.4 Å². The van der Waals surface area contributed by atoms with Crippen LogP contribution in [0.1, 0.15) is 53.9 Å². The number of carbonyl (C=O) groups is 1. The molecule has 0 bridgehead atoms. The summed E-state index contributed by atoms with van der Waals surface area (Å²) < 4.78 is 5.27. The summed E-state index contributed by atoms with van der Waals surface area (Å²) in [5, 5.41) is 7.04. The number of aromatic nitrogens is 1. The second kappa shape index (κ2) is 6.40. The highest BCUT2D eigenvalue weighted by molar-refractivity contribution is 5.92. The van der Waals surface area contributed by atoms with Gasteiger partial charge in [0.1, 0.15) is 5.76 Å². The Balaban J connectivity index is 1.34. The van der Waals surface area contributed by atoms with Crippen LogP contribution >= 0.6 is 0 Å². The number of carbonyl (C=O) groups excluding carboxylic acids is 1. The quantitative estimate of drug-likeness (QED) is 0.918. The van der Waals surface area contributed by atoms with E-state index in [2.05, 4.69) is 46.6 Å². The molecule has 1 aromatic heterocycles. The summed E-state index contributed by atoms with van der Waals surface area (Å²) in [5.74, 6) is 1.21. The van der Waals surface area contributed by atoms with Crippen LogP contribution in [-0.4, -0.2) is 34.6 Å². The van der Waals surface area contributed by atoms with Gasteiger partial charge < -0.3 is 9.84 Å². The minimum atomic E-state index is -0.121. The minimum Gasteiger partial charge on any atom is -0.360 e. The van der Waals surface area contributed by atoms with Crippen molar-refractivity contribution < 1.29 is 9.32 Å². The maximum Gasteiger partial charge on any atom is 0.273 e. The lowest BCUT2D eigenvalue weighted by Crippen LogP contribution is -2.37. The van der Waals surface area contributed by atoms with Crippen LogP contribution in [-0.2, 0) is 6.54 Å². The SMILES string of the molecule is C[C@H]1C[C@@H](NC(=O)c2cc(C3CC3)on2)CN1Cc1ccccc1. The van der Waals surface area contributed by atoms with Crippen molar-refractivity contribution in [3.8, 4) is 0 Å². The summed E-state index contributed by atoms with van der Waals surface area (Å²) in [6, 6.07) is 12.9. The second-order valence-electron chi connectivity index (χ2n) is 7.06. The zero-order valence-electron chi connectivity index (χ0n) is 13.9. The standard InChI is InChI=1S/C19H23N3O2/c1-13-9-16(12-22(13)11-14-5-3-2-4-6-14)20-19(23)17-10-18(24-21-17)15-7-8-15/h2-6,10,13,15-16H,7-9,11-12H2,1H3,(H,20,23)/t13-,16+/m0/s1. The first-order valence-electron chi connectivity index (χ1n) is 8.74. The predicted octanol–water partition coefficient (Wildman–Crippen LogP) is 2.94. The highest BCUT2D eigenvalue weighted by atomic mass is 16.5. The molecule has 1 aliphatic heterocycles. The summed E-state index contributed by atoms with van der Waals surface area (Å²) in [7, 11) is 0. The fraction of sp³-hybridized carbons (Fsp3) is 0.474. The fourth-order valence-corrected chi connectivity index (χ4v) is 3.46. The Kier molecular flexibility index (Phi) is 4.10. The minimum absolute atomic E-state index is 0.121. The maximum atomic E-state index is 12.4. The van der Waals surface area contributed by atoms with Crippen molar-refractivity contribution in [2.24, 2.45) is 0 Å². The molecule has 1 amide bonds. The molecule has 5 nitrogen and oxygen atoms in total. The Bertz CT molecular complexity index is 708. The van der Waals surface area contributed by atoms with Crippen molar-refractivity contribution in [1.29, 1.82) is 0 Å². The third-order valence-corrected chi connectivity index (χ3v) is 5.01. The van der Waals surface area contributed by atoms with Gasteiger partial charge >= 0.3 is 0 Å². The molecule has 0 spiro atoms. The maximum absolute atomic E-state index is 12.4. The first-order valence-corrected chi connectivity index (χ1v) is 8.74. The molecule has 5 heteroatoms. The highest BCUT2D eigenvalue weighted by Gasteiger charge is 2.32. The molecule has 1 saturated carbocycles. The lowest BCUT2D eigenvalue weighted by atomic mass is 10.2. The van der Waals surface area contributed by atoms with E-state index in [1.807, 2.05) is 6.07 Å². The number of likely N-dealkylation sites (tertiary alicyclic amines) is 1. The van der Waals surface area contributed by atoms with Crippen LogP contribution in [0, 0.1) is 0 Å². The normalized spacial score (nSPS) is 24.2. The molecule has 2 fully saturated rings. The average molecular weight is 325 g/mol. The lowest BCUT2D eigenvalue weighted by molar-refractivity contribution is 0.0928. The number of amides is 1. The number of nitrogens with one attached hydrogen (secondary N) is 1. The average Bonchev–Trinajstić information content (AvgIpc) is 3.21. The highest BCUT2D eigenvalue weighted by Crippen LogP contribution is 2.40. The molecular formula is C19H23N3O2. The van der Waals surface area contributed by atoms with Crippen LogP contribution in [0.25, 0.3) is 0 Å². The first kappa shape index (κ1) is 15.4. The Morgan fingerprint density at radius 3 is 2.88 bits per heavy atom. The number of benzene rings is 1. The summed E-state index contributed by atoms with van der Waals surface area (Å²) >= 11 is 0. The summed E-state index contributed by atoms with van der Waals surface area (Å²) in [6.45, 7) is 4.01. The Morgan fingerprint density at radius 1 is 1.33 bits per heavy atom. The number of rotatable bonds is 5. The van der Waals surface area contributed by atoms with Gasteiger partial charge in [0.25, 0.3) is 5.91 Å². The van der Waals surface area contributed by atoms with Crippen LogP contribution < -0.4 is 5.32 Å². The molecule has 2 atom stereocenters. The van der Waals surface area contributed by atoms with E-state index in [-0.39, 0.29) is 11.9 Å². The van der Waals surface area contributed by atoms with Crippen LogP contribution in [0.3, 0.4) is 0 Å². The van der Waals surface area contributed by atoms with Gasteiger partial charge in [-0.1, -0.05) is 35.5 Å². The molecular weight excluding hydrogens is 302 g/mol. The molecule has 1 saturated heterocycles. The van der Waals surface area contributed by atoms with E-state index in [1.54, 1.807) is 6.07 Å². The third-order valence-electron chi connectivity index (χ3n) is 5.01. The molecule has 1 N–H and O–H groups in total. The third kappa shape index (κ3) is 3.36. The monoisotopic (exact) mass is 325 g/mol. The molecule has 24 heavy (non-hydrogen) atoms. The van der Waals surface area contributed by atoms with Gasteiger partial charge in [-0.3, -0.25) is 9.69 Å². The smallest absolute Gasteiger partial charge is 0.273 e. The molecule has 2 heterocycles. The van der Waals surface area contributed by atoms with Gasteiger partial charge in [0.2, 0.25) is 0 Å². The van der Waals surface area contributed by atoms with Crippen molar-refractivity contribution in [3.63, 3.8) is 0 Å². The molecule has 126 valence electrons. The van der Waals surface area contributed by atoms with Gasteiger partial charge in [0.15, 0.2) is 5.69 Å². The van der Waals surface area contributed by atoms with Gasteiger partial charge in [-0.15, -0.1) is 0 Å². The van der Waals surface area contributed by atoms with Crippen LogP contribution in [0.15, 0.2) is 40.9 Å². The Labute approximate surface area is 142 Å². The van der Waals surface area contributed by atoms with E-state index in [0.29, 0.717) is 17.7 Å². The number of hydrogen-bond acceptors (Lipinski definition) is 4. The van der Waals surface area contributed by atoms with Gasteiger partial charge in [-0.05, 0) is 31.7 Å². The van der Waals surface area contributed by atoms with E-state index in [1.165, 1.54) is 5.56 Å². The summed E-state index contributed by atoms with van der Waals surface area (Å²) in [5.41, 5.74) is 1.72. The summed E-state index contributed by atoms with van der Waals surface area (Å²) in [4.78, 5) is 14.8. The summed E-state index contributed by atoms with van der Waals surface area (Å²) in [6.07, 6.45) is 3.25. The van der Waals surface area contributed by atoms with E-state index in [0.717, 1.165) is 38.1 Å². The first-order chi connectivity index (χ1) is 11.7. The molecule has 1 aromatic carbocycles. The van der Waals surface area contributed by atoms with Crippen LogP contribution in [0.5, 0.6) is 0 Å². The molecule has 2 aliphatic rings. The zero-order valence-corrected chi connectivity index (χ0v) is 13.9. The topological polar surface area (TPSA) is 58.4 Å². The fourth-order valence-electron chi connectivity index (χ4n) is 3.46. The number of nitrogens with zero attached hydrogens (tertiary/aromatic N) is 2. The van der Waals surface area contributed by atoms with Crippen LogP contribution in [0.2, 0.25) is 0 Å². The van der Waals surface area contributed by atoms with Gasteiger partial charge in [-0.2, -0.15) is 0 Å².